The van der Waals surface area contributed by atoms with Gasteiger partial charge in [0.1, 0.15) is 13.2 Å². The normalized spacial score (nSPS) is 28.2. The zero-order chi connectivity index (χ0) is 22.8. The Hall–Kier alpha value is -1.69. The third-order valence-electron chi connectivity index (χ3n) is 7.21. The van der Waals surface area contributed by atoms with Crippen LogP contribution in [0.1, 0.15) is 70.3 Å². The molecular formula is C27H40O5. The van der Waals surface area contributed by atoms with Crippen LogP contribution in [0.3, 0.4) is 0 Å². The van der Waals surface area contributed by atoms with E-state index in [2.05, 4.69) is 13.0 Å². The minimum atomic E-state index is -0.654. The summed E-state index contributed by atoms with van der Waals surface area (Å²) in [4.78, 5) is 11.9. The number of unbranched alkanes of at least 4 members (excludes halogenated alkanes) is 2. The van der Waals surface area contributed by atoms with E-state index in [1.54, 1.807) is 0 Å². The van der Waals surface area contributed by atoms with Gasteiger partial charge in [0.25, 0.3) is 0 Å². The Kier molecular flexibility index (Phi) is 9.76. The Balaban J connectivity index is 1.34. The highest BCUT2D eigenvalue weighted by molar-refractivity contribution is 5.70. The third kappa shape index (κ3) is 7.16. The summed E-state index contributed by atoms with van der Waals surface area (Å²) in [6.45, 7) is 2.90. The van der Waals surface area contributed by atoms with Crippen molar-refractivity contribution in [1.29, 1.82) is 0 Å². The number of carbonyl (C=O) groups excluding carboxylic acids is 1. The maximum Gasteiger partial charge on any atom is 0.332 e. The van der Waals surface area contributed by atoms with Crippen LogP contribution >= 0.6 is 0 Å². The van der Waals surface area contributed by atoms with E-state index in [0.717, 1.165) is 63.4 Å². The minimum Gasteiger partial charge on any atom is -0.459 e. The van der Waals surface area contributed by atoms with Gasteiger partial charge in [-0.25, -0.2) is 4.79 Å². The van der Waals surface area contributed by atoms with E-state index in [0.29, 0.717) is 18.4 Å². The number of hydrogen-bond donors (Lipinski definition) is 2. The van der Waals surface area contributed by atoms with Crippen molar-refractivity contribution in [2.24, 2.45) is 17.8 Å². The lowest BCUT2D eigenvalue weighted by molar-refractivity contribution is -0.150. The van der Waals surface area contributed by atoms with Gasteiger partial charge in [-0.3, -0.25) is 0 Å². The fourth-order valence-corrected chi connectivity index (χ4v) is 5.40. The summed E-state index contributed by atoms with van der Waals surface area (Å²) in [7, 11) is 0. The highest BCUT2D eigenvalue weighted by Gasteiger charge is 2.53. The maximum absolute atomic E-state index is 11.9. The quantitative estimate of drug-likeness (QED) is 0.260. The van der Waals surface area contributed by atoms with E-state index in [1.165, 1.54) is 0 Å². The van der Waals surface area contributed by atoms with Gasteiger partial charge < -0.3 is 19.7 Å². The first-order valence-corrected chi connectivity index (χ1v) is 12.4. The fraction of sp³-hybridized carbons (Fsp3) is 0.667. The average Bonchev–Trinajstić information content (AvgIpc) is 3.27. The van der Waals surface area contributed by atoms with E-state index in [9.17, 15) is 15.0 Å². The van der Waals surface area contributed by atoms with E-state index < -0.39 is 11.7 Å². The van der Waals surface area contributed by atoms with Gasteiger partial charge in [0.05, 0.1) is 11.7 Å². The monoisotopic (exact) mass is 444 g/mol. The number of aliphatic hydroxyl groups is 2. The minimum absolute atomic E-state index is 0.0332. The molecule has 2 aliphatic carbocycles. The number of fused-ring (bicyclic) bond motifs is 1. The largest absolute Gasteiger partial charge is 0.459 e. The Morgan fingerprint density at radius 3 is 2.84 bits per heavy atom. The molecule has 0 aliphatic heterocycles. The fourth-order valence-electron chi connectivity index (χ4n) is 5.40. The number of esters is 1. The number of carbonyl (C=O) groups is 1. The summed E-state index contributed by atoms with van der Waals surface area (Å²) in [6, 6.07) is 9.61. The first-order chi connectivity index (χ1) is 15.5. The van der Waals surface area contributed by atoms with Gasteiger partial charge in [0.15, 0.2) is 0 Å². The summed E-state index contributed by atoms with van der Waals surface area (Å²) >= 11 is 0. The summed E-state index contributed by atoms with van der Waals surface area (Å²) in [5, 5.41) is 21.5. The van der Waals surface area contributed by atoms with Crippen molar-refractivity contribution in [3.63, 3.8) is 0 Å². The molecule has 2 unspecified atom stereocenters. The number of aliphatic hydroxyl groups excluding tert-OH is 1. The summed E-state index contributed by atoms with van der Waals surface area (Å²) in [6.07, 6.45) is 12.4. The molecule has 32 heavy (non-hydrogen) atoms. The second-order valence-electron chi connectivity index (χ2n) is 9.61. The Morgan fingerprint density at radius 2 is 2.06 bits per heavy atom. The molecule has 2 saturated carbocycles. The van der Waals surface area contributed by atoms with Crippen LogP contribution in [0.4, 0.5) is 0 Å². The molecule has 1 aromatic carbocycles. The molecule has 5 heteroatoms. The third-order valence-corrected chi connectivity index (χ3v) is 7.21. The standard InChI is InChI=1S/C27H40O5/c1-2-3-5-10-25(28)14-13-23-11-12-24-17-22(18-27(23,24)30)15-16-31-20-26(29)32-19-21-8-6-4-7-9-21/h4,6-9,13-14,22-25,28,30H,2-3,5,10-12,15-20H2,1H3/t22?,23-,24-,25?,27-/m1/s1. The molecule has 2 N–H and O–H groups in total. The SMILES string of the molecule is CCCCCC(O)C=C[C@H]1CC[C@@H]2CC(CCOCC(=O)OCc3ccccc3)C[C@]21O. The molecule has 0 spiro atoms. The highest BCUT2D eigenvalue weighted by atomic mass is 16.6. The molecule has 0 saturated heterocycles. The molecule has 5 nitrogen and oxygen atoms in total. The smallest absolute Gasteiger partial charge is 0.332 e. The zero-order valence-corrected chi connectivity index (χ0v) is 19.5. The van der Waals surface area contributed by atoms with Crippen molar-refractivity contribution in [3.8, 4) is 0 Å². The Labute approximate surface area is 192 Å². The van der Waals surface area contributed by atoms with Crippen molar-refractivity contribution >= 4 is 5.97 Å². The Bertz CT molecular complexity index is 718. The number of hydrogen-bond acceptors (Lipinski definition) is 5. The molecule has 0 bridgehead atoms. The van der Waals surface area contributed by atoms with E-state index in [4.69, 9.17) is 9.47 Å². The van der Waals surface area contributed by atoms with Crippen molar-refractivity contribution in [1.82, 2.24) is 0 Å². The molecule has 0 heterocycles. The van der Waals surface area contributed by atoms with Crippen LogP contribution in [0.25, 0.3) is 0 Å². The van der Waals surface area contributed by atoms with E-state index in [-0.39, 0.29) is 25.1 Å². The molecule has 0 radical (unpaired) electrons. The second-order valence-corrected chi connectivity index (χ2v) is 9.61. The molecule has 1 aromatic rings. The van der Waals surface area contributed by atoms with Crippen LogP contribution < -0.4 is 0 Å². The Morgan fingerprint density at radius 1 is 1.25 bits per heavy atom. The van der Waals surface area contributed by atoms with Crippen LogP contribution in [0.5, 0.6) is 0 Å². The average molecular weight is 445 g/mol. The molecule has 0 amide bonds. The van der Waals surface area contributed by atoms with Crippen LogP contribution in [0.15, 0.2) is 42.5 Å². The van der Waals surface area contributed by atoms with Gasteiger partial charge >= 0.3 is 5.97 Å². The highest BCUT2D eigenvalue weighted by Crippen LogP contribution is 2.54. The van der Waals surface area contributed by atoms with E-state index >= 15 is 0 Å². The van der Waals surface area contributed by atoms with Gasteiger partial charge in [-0.2, -0.15) is 0 Å². The van der Waals surface area contributed by atoms with Crippen LogP contribution in [0, 0.1) is 17.8 Å². The van der Waals surface area contributed by atoms with Crippen molar-refractivity contribution < 1.29 is 24.5 Å². The zero-order valence-electron chi connectivity index (χ0n) is 19.5. The lowest BCUT2D eigenvalue weighted by Crippen LogP contribution is -2.35. The summed E-state index contributed by atoms with van der Waals surface area (Å²) in [5.74, 6) is 0.525. The van der Waals surface area contributed by atoms with Crippen LogP contribution in [0.2, 0.25) is 0 Å². The topological polar surface area (TPSA) is 76.0 Å². The van der Waals surface area contributed by atoms with Gasteiger partial charge in [0, 0.05) is 12.5 Å². The number of rotatable bonds is 13. The molecule has 3 rings (SSSR count). The molecule has 2 fully saturated rings. The first-order valence-electron chi connectivity index (χ1n) is 12.4. The van der Waals surface area contributed by atoms with Gasteiger partial charge in [-0.05, 0) is 55.9 Å². The second kappa shape index (κ2) is 12.5. The number of ether oxygens (including phenoxy) is 2. The molecule has 2 aliphatic rings. The van der Waals surface area contributed by atoms with Gasteiger partial charge in [-0.1, -0.05) is 68.7 Å². The molecule has 5 atom stereocenters. The van der Waals surface area contributed by atoms with Crippen LogP contribution in [-0.2, 0) is 20.9 Å². The first kappa shape index (κ1) is 24.9. The van der Waals surface area contributed by atoms with Gasteiger partial charge in [-0.15, -0.1) is 0 Å². The van der Waals surface area contributed by atoms with Crippen molar-refractivity contribution in [2.75, 3.05) is 13.2 Å². The number of benzene rings is 1. The molecule has 178 valence electrons. The van der Waals surface area contributed by atoms with Crippen LogP contribution in [-0.4, -0.2) is 41.1 Å². The molecule has 0 aromatic heterocycles. The summed E-state index contributed by atoms with van der Waals surface area (Å²) < 4.78 is 10.8. The van der Waals surface area contributed by atoms with Crippen molar-refractivity contribution in [3.05, 3.63) is 48.0 Å². The maximum atomic E-state index is 11.9. The van der Waals surface area contributed by atoms with E-state index in [1.807, 2.05) is 36.4 Å². The van der Waals surface area contributed by atoms with Gasteiger partial charge in [0.2, 0.25) is 0 Å². The van der Waals surface area contributed by atoms with Crippen molar-refractivity contribution in [2.45, 2.75) is 83.0 Å². The lowest BCUT2D eigenvalue weighted by atomic mass is 9.85. The lowest BCUT2D eigenvalue weighted by Gasteiger charge is -2.28. The summed E-state index contributed by atoms with van der Waals surface area (Å²) in [5.41, 5.74) is 0.308. The predicted molar refractivity (Wildman–Crippen MR) is 125 cm³/mol. The predicted octanol–water partition coefficient (Wildman–Crippen LogP) is 4.80. The molecular weight excluding hydrogens is 404 g/mol.